The Morgan fingerprint density at radius 2 is 2.12 bits per heavy atom. The summed E-state index contributed by atoms with van der Waals surface area (Å²) in [6.45, 7) is 0.388. The van der Waals surface area contributed by atoms with Gasteiger partial charge in [-0.15, -0.1) is 21.5 Å². The zero-order valence-corrected chi connectivity index (χ0v) is 14.4. The summed E-state index contributed by atoms with van der Waals surface area (Å²) in [6.07, 6.45) is 4.24. The van der Waals surface area contributed by atoms with E-state index in [-0.39, 0.29) is 5.82 Å². The van der Waals surface area contributed by atoms with Crippen LogP contribution in [0.4, 0.5) is 4.39 Å². The number of benzene rings is 1. The smallest absolute Gasteiger partial charge is 0.191 e. The minimum Gasteiger partial charge on any atom is -0.486 e. The first-order chi connectivity index (χ1) is 11.8. The summed E-state index contributed by atoms with van der Waals surface area (Å²) >= 11 is 3.22. The lowest BCUT2D eigenvalue weighted by atomic mass is 10.3. The van der Waals surface area contributed by atoms with E-state index in [4.69, 9.17) is 4.74 Å². The van der Waals surface area contributed by atoms with Crippen LogP contribution in [0, 0.1) is 5.82 Å². The molecule has 8 heteroatoms. The van der Waals surface area contributed by atoms with E-state index in [1.807, 2.05) is 11.7 Å². The van der Waals surface area contributed by atoms with Gasteiger partial charge >= 0.3 is 0 Å². The fraction of sp³-hybridized carbons (Fsp3) is 0.312. The Hall–Kier alpha value is -1.93. The van der Waals surface area contributed by atoms with Gasteiger partial charge < -0.3 is 9.30 Å². The van der Waals surface area contributed by atoms with Crippen molar-refractivity contribution >= 4 is 23.1 Å². The number of thioether (sulfide) groups is 1. The maximum absolute atomic E-state index is 12.9. The molecule has 0 radical (unpaired) electrons. The predicted octanol–water partition coefficient (Wildman–Crippen LogP) is 4.08. The van der Waals surface area contributed by atoms with Crippen molar-refractivity contribution in [2.45, 2.75) is 36.4 Å². The number of hydrogen-bond acceptors (Lipinski definition) is 6. The fourth-order valence-electron chi connectivity index (χ4n) is 2.23. The maximum atomic E-state index is 12.9. The van der Waals surface area contributed by atoms with Crippen LogP contribution in [0.15, 0.2) is 41.1 Å². The van der Waals surface area contributed by atoms with Gasteiger partial charge in [0.05, 0.1) is 5.69 Å². The second kappa shape index (κ2) is 6.90. The van der Waals surface area contributed by atoms with Gasteiger partial charge in [0.25, 0.3) is 0 Å². The summed E-state index contributed by atoms with van der Waals surface area (Å²) in [4.78, 5) is 4.57. The SMILES string of the molecule is Fc1ccc(OCc2nc(CSc3nncn3C3CC3)cs2)cc1. The second-order valence-corrected chi connectivity index (χ2v) is 7.40. The fourth-order valence-corrected chi connectivity index (χ4v) is 3.92. The monoisotopic (exact) mass is 362 g/mol. The molecule has 0 aliphatic heterocycles. The largest absolute Gasteiger partial charge is 0.486 e. The van der Waals surface area contributed by atoms with Crippen LogP contribution in [0.1, 0.15) is 29.6 Å². The molecule has 0 spiro atoms. The van der Waals surface area contributed by atoms with Crippen molar-refractivity contribution in [3.63, 3.8) is 0 Å². The molecule has 1 aromatic carbocycles. The molecule has 3 aromatic rings. The van der Waals surface area contributed by atoms with Crippen LogP contribution in [0.2, 0.25) is 0 Å². The molecule has 4 rings (SSSR count). The third-order valence-corrected chi connectivity index (χ3v) is 5.47. The highest BCUT2D eigenvalue weighted by Crippen LogP contribution is 2.37. The van der Waals surface area contributed by atoms with Gasteiger partial charge in [0, 0.05) is 17.2 Å². The molecule has 2 heterocycles. The van der Waals surface area contributed by atoms with Crippen molar-refractivity contribution < 1.29 is 9.13 Å². The minimum absolute atomic E-state index is 0.269. The van der Waals surface area contributed by atoms with E-state index in [0.29, 0.717) is 18.4 Å². The van der Waals surface area contributed by atoms with E-state index in [2.05, 4.69) is 19.7 Å². The molecule has 24 heavy (non-hydrogen) atoms. The van der Waals surface area contributed by atoms with E-state index >= 15 is 0 Å². The Kier molecular flexibility index (Phi) is 4.48. The van der Waals surface area contributed by atoms with Gasteiger partial charge in [-0.1, -0.05) is 11.8 Å². The molecule has 1 aliphatic carbocycles. The van der Waals surface area contributed by atoms with E-state index < -0.39 is 0 Å². The lowest BCUT2D eigenvalue weighted by Gasteiger charge is -2.03. The van der Waals surface area contributed by atoms with E-state index in [9.17, 15) is 4.39 Å². The Bertz CT molecular complexity index is 814. The Morgan fingerprint density at radius 3 is 2.92 bits per heavy atom. The molecule has 1 fully saturated rings. The molecule has 0 saturated heterocycles. The molecule has 0 atom stereocenters. The Labute approximate surface area is 146 Å². The molecule has 5 nitrogen and oxygen atoms in total. The van der Waals surface area contributed by atoms with Gasteiger partial charge in [0.1, 0.15) is 29.5 Å². The van der Waals surface area contributed by atoms with Crippen molar-refractivity contribution in [2.75, 3.05) is 0 Å². The number of ether oxygens (including phenoxy) is 1. The highest BCUT2D eigenvalue weighted by molar-refractivity contribution is 7.98. The summed E-state index contributed by atoms with van der Waals surface area (Å²) in [7, 11) is 0. The molecule has 2 aromatic heterocycles. The van der Waals surface area contributed by atoms with Crippen molar-refractivity contribution in [3.8, 4) is 5.75 Å². The first kappa shape index (κ1) is 15.6. The van der Waals surface area contributed by atoms with Gasteiger partial charge in [-0.3, -0.25) is 0 Å². The highest BCUT2D eigenvalue weighted by atomic mass is 32.2. The number of nitrogens with zero attached hydrogens (tertiary/aromatic N) is 4. The highest BCUT2D eigenvalue weighted by Gasteiger charge is 2.26. The maximum Gasteiger partial charge on any atom is 0.191 e. The summed E-state index contributed by atoms with van der Waals surface area (Å²) < 4.78 is 20.6. The number of aromatic nitrogens is 4. The normalized spacial score (nSPS) is 14.0. The average molecular weight is 362 g/mol. The van der Waals surface area contributed by atoms with Gasteiger partial charge in [-0.2, -0.15) is 0 Å². The number of halogens is 1. The first-order valence-electron chi connectivity index (χ1n) is 7.62. The summed E-state index contributed by atoms with van der Waals surface area (Å²) in [5.74, 6) is 1.13. The predicted molar refractivity (Wildman–Crippen MR) is 90.7 cm³/mol. The molecular formula is C16H15FN4OS2. The van der Waals surface area contributed by atoms with Crippen LogP contribution in [0.3, 0.4) is 0 Å². The zero-order chi connectivity index (χ0) is 16.4. The van der Waals surface area contributed by atoms with Gasteiger partial charge in [0.2, 0.25) is 0 Å². The molecule has 1 saturated carbocycles. The lowest BCUT2D eigenvalue weighted by molar-refractivity contribution is 0.305. The average Bonchev–Trinajstić information content (AvgIpc) is 3.16. The van der Waals surface area contributed by atoms with Crippen LogP contribution in [-0.2, 0) is 12.4 Å². The zero-order valence-electron chi connectivity index (χ0n) is 12.8. The standard InChI is InChI=1S/C16H15FN4OS2/c17-11-1-5-14(6-2-11)22-7-15-19-12(8-23-15)9-24-16-20-18-10-21(16)13-3-4-13/h1-2,5-6,8,10,13H,3-4,7,9H2. The lowest BCUT2D eigenvalue weighted by Crippen LogP contribution is -1.96. The Balaban J connectivity index is 1.31. The molecule has 0 bridgehead atoms. The number of hydrogen-bond donors (Lipinski definition) is 0. The van der Waals surface area contributed by atoms with Crippen molar-refractivity contribution in [1.29, 1.82) is 0 Å². The van der Waals surface area contributed by atoms with E-state index in [1.165, 1.54) is 25.0 Å². The van der Waals surface area contributed by atoms with Gasteiger partial charge in [-0.25, -0.2) is 9.37 Å². The third kappa shape index (κ3) is 3.76. The topological polar surface area (TPSA) is 52.8 Å². The van der Waals surface area contributed by atoms with Crippen LogP contribution in [0.25, 0.3) is 0 Å². The van der Waals surface area contributed by atoms with Gasteiger partial charge in [-0.05, 0) is 37.1 Å². The molecule has 124 valence electrons. The molecule has 0 unspecified atom stereocenters. The number of rotatable bonds is 7. The number of thiazole rings is 1. The van der Waals surface area contributed by atoms with Crippen molar-refractivity contribution in [2.24, 2.45) is 0 Å². The molecule has 1 aliphatic rings. The summed E-state index contributed by atoms with van der Waals surface area (Å²) in [5, 5.41) is 12.1. The second-order valence-electron chi connectivity index (χ2n) is 5.52. The van der Waals surface area contributed by atoms with Crippen molar-refractivity contribution in [1.82, 2.24) is 19.7 Å². The summed E-state index contributed by atoms with van der Waals surface area (Å²) in [6, 6.07) is 6.58. The summed E-state index contributed by atoms with van der Waals surface area (Å²) in [5.41, 5.74) is 1.01. The third-order valence-electron chi connectivity index (χ3n) is 3.60. The molecule has 0 N–H and O–H groups in total. The van der Waals surface area contributed by atoms with Crippen molar-refractivity contribution in [3.05, 3.63) is 52.5 Å². The van der Waals surface area contributed by atoms with Crippen LogP contribution in [-0.4, -0.2) is 19.7 Å². The Morgan fingerprint density at radius 1 is 1.29 bits per heavy atom. The minimum atomic E-state index is -0.269. The van der Waals surface area contributed by atoms with Crippen LogP contribution < -0.4 is 4.74 Å². The van der Waals surface area contributed by atoms with E-state index in [1.54, 1.807) is 35.2 Å². The van der Waals surface area contributed by atoms with E-state index in [0.717, 1.165) is 21.6 Å². The first-order valence-corrected chi connectivity index (χ1v) is 9.48. The van der Waals surface area contributed by atoms with Crippen LogP contribution in [0.5, 0.6) is 5.75 Å². The van der Waals surface area contributed by atoms with Crippen LogP contribution >= 0.6 is 23.1 Å². The quantitative estimate of drug-likeness (QED) is 0.593. The molecule has 0 amide bonds. The van der Waals surface area contributed by atoms with Gasteiger partial charge in [0.15, 0.2) is 5.16 Å². The molecular weight excluding hydrogens is 347 g/mol.